The van der Waals surface area contributed by atoms with Crippen molar-refractivity contribution in [1.82, 2.24) is 10.3 Å². The van der Waals surface area contributed by atoms with Gasteiger partial charge in [0.25, 0.3) is 0 Å². The van der Waals surface area contributed by atoms with Crippen LogP contribution in [-0.4, -0.2) is 53.9 Å². The quantitative estimate of drug-likeness (QED) is 0.204. The Morgan fingerprint density at radius 1 is 1.05 bits per heavy atom. The minimum atomic E-state index is -0.885. The number of benzene rings is 3. The Morgan fingerprint density at radius 3 is 2.61 bits per heavy atom. The number of rotatable bonds is 13. The standard InChI is InChI=1S/C32H34N4O4S/c1-39-29-9-5-2-6-21(29)12-15-30(38)36-31(33)26(18-23-19-35-27-8-4-3-7-25(23)27)28(37)20-40-24-13-10-22(11-14-24)32-34-16-17-41-32/h2-11,13-14,19,26,31,35H,12,15-18,20,33H2,1H3,(H,36,38). The number of para-hydroxylation sites is 2. The number of H-pyrrole nitrogens is 1. The molecule has 1 aliphatic rings. The number of nitrogens with two attached hydrogens (primary N) is 1. The molecule has 2 heterocycles. The first-order valence-corrected chi connectivity index (χ1v) is 14.7. The fraction of sp³-hybridized carbons (Fsp3) is 0.281. The molecule has 0 saturated carbocycles. The number of ketones is 1. The van der Waals surface area contributed by atoms with Gasteiger partial charge in [-0.2, -0.15) is 0 Å². The molecule has 3 aromatic carbocycles. The van der Waals surface area contributed by atoms with Crippen molar-refractivity contribution in [3.8, 4) is 11.5 Å². The van der Waals surface area contributed by atoms with Crippen molar-refractivity contribution in [1.29, 1.82) is 0 Å². The van der Waals surface area contributed by atoms with Crippen molar-refractivity contribution >= 4 is 39.4 Å². The van der Waals surface area contributed by atoms with Gasteiger partial charge in [0.15, 0.2) is 5.78 Å². The Labute approximate surface area is 243 Å². The number of amides is 1. The van der Waals surface area contributed by atoms with E-state index in [2.05, 4.69) is 15.3 Å². The summed E-state index contributed by atoms with van der Waals surface area (Å²) in [4.78, 5) is 34.2. The molecule has 9 heteroatoms. The predicted molar refractivity (Wildman–Crippen MR) is 164 cm³/mol. The summed E-state index contributed by atoms with van der Waals surface area (Å²) < 4.78 is 11.3. The van der Waals surface area contributed by atoms with E-state index in [0.29, 0.717) is 18.6 Å². The minimum absolute atomic E-state index is 0.160. The summed E-state index contributed by atoms with van der Waals surface area (Å²) >= 11 is 1.74. The van der Waals surface area contributed by atoms with E-state index in [1.54, 1.807) is 18.9 Å². The molecule has 1 aliphatic heterocycles. The van der Waals surface area contributed by atoms with E-state index in [4.69, 9.17) is 15.2 Å². The van der Waals surface area contributed by atoms with Gasteiger partial charge in [0.05, 0.1) is 24.2 Å². The molecule has 212 valence electrons. The Kier molecular flexibility index (Phi) is 9.38. The van der Waals surface area contributed by atoms with Crippen LogP contribution in [0, 0.1) is 5.92 Å². The summed E-state index contributed by atoms with van der Waals surface area (Å²) in [5, 5.41) is 4.91. The molecule has 1 amide bonds. The molecule has 0 saturated heterocycles. The highest BCUT2D eigenvalue weighted by Crippen LogP contribution is 2.24. The van der Waals surface area contributed by atoms with E-state index >= 15 is 0 Å². The molecule has 0 spiro atoms. The van der Waals surface area contributed by atoms with Crippen LogP contribution in [0.4, 0.5) is 0 Å². The summed E-state index contributed by atoms with van der Waals surface area (Å²) in [5.41, 5.74) is 10.4. The number of aromatic nitrogens is 1. The van der Waals surface area contributed by atoms with Crippen LogP contribution in [0.1, 0.15) is 23.1 Å². The number of hydrogen-bond donors (Lipinski definition) is 3. The lowest BCUT2D eigenvalue weighted by Crippen LogP contribution is -2.51. The van der Waals surface area contributed by atoms with E-state index in [1.807, 2.05) is 79.0 Å². The van der Waals surface area contributed by atoms with Gasteiger partial charge < -0.3 is 25.5 Å². The van der Waals surface area contributed by atoms with Crippen molar-refractivity contribution in [3.63, 3.8) is 0 Å². The van der Waals surface area contributed by atoms with Gasteiger partial charge in [-0.3, -0.25) is 14.6 Å². The monoisotopic (exact) mass is 570 g/mol. The van der Waals surface area contributed by atoms with Crippen molar-refractivity contribution in [2.75, 3.05) is 26.0 Å². The number of ether oxygens (including phenoxy) is 2. The number of nitrogens with one attached hydrogen (secondary N) is 2. The average Bonchev–Trinajstić information content (AvgIpc) is 3.69. The first-order valence-electron chi connectivity index (χ1n) is 13.7. The first kappa shape index (κ1) is 28.4. The van der Waals surface area contributed by atoms with Crippen molar-refractivity contribution in [3.05, 3.63) is 95.7 Å². The minimum Gasteiger partial charge on any atom is -0.496 e. The van der Waals surface area contributed by atoms with Crippen LogP contribution >= 0.6 is 11.8 Å². The smallest absolute Gasteiger partial charge is 0.221 e. The van der Waals surface area contributed by atoms with Crippen molar-refractivity contribution < 1.29 is 19.1 Å². The highest BCUT2D eigenvalue weighted by Gasteiger charge is 2.28. The first-order chi connectivity index (χ1) is 20.0. The Morgan fingerprint density at radius 2 is 1.83 bits per heavy atom. The van der Waals surface area contributed by atoms with Gasteiger partial charge in [0.1, 0.15) is 18.1 Å². The molecule has 0 bridgehead atoms. The largest absolute Gasteiger partial charge is 0.496 e. The highest BCUT2D eigenvalue weighted by atomic mass is 32.2. The van der Waals surface area contributed by atoms with Gasteiger partial charge in [-0.25, -0.2) is 0 Å². The molecular formula is C32H34N4O4S. The Bertz CT molecular complexity index is 1530. The second-order valence-corrected chi connectivity index (χ2v) is 11.0. The number of methoxy groups -OCH3 is 1. The van der Waals surface area contributed by atoms with E-state index < -0.39 is 12.1 Å². The zero-order valence-electron chi connectivity index (χ0n) is 23.0. The van der Waals surface area contributed by atoms with E-state index in [-0.39, 0.29) is 24.7 Å². The topological polar surface area (TPSA) is 119 Å². The molecule has 2 atom stereocenters. The number of carbonyl (C=O) groups is 2. The summed E-state index contributed by atoms with van der Waals surface area (Å²) in [5.74, 6) is 1.21. The third kappa shape index (κ3) is 7.17. The number of aryl methyl sites for hydroxylation is 1. The van der Waals surface area contributed by atoms with Gasteiger partial charge in [0, 0.05) is 41.4 Å². The summed E-state index contributed by atoms with van der Waals surface area (Å²) in [7, 11) is 1.61. The molecule has 4 aromatic rings. The summed E-state index contributed by atoms with van der Waals surface area (Å²) in [6.07, 6.45) is 2.08. The van der Waals surface area contributed by atoms with Gasteiger partial charge in [0.2, 0.25) is 5.91 Å². The van der Waals surface area contributed by atoms with Gasteiger partial charge in [-0.15, -0.1) is 11.8 Å². The zero-order valence-corrected chi connectivity index (χ0v) is 23.8. The number of aliphatic imine (C=N–C) groups is 1. The SMILES string of the molecule is COc1ccccc1CCC(=O)NC(N)C(Cc1c[nH]c2ccccc12)C(=O)COc1ccc(C2=NCCS2)cc1. The highest BCUT2D eigenvalue weighted by molar-refractivity contribution is 8.14. The molecule has 8 nitrogen and oxygen atoms in total. The van der Waals surface area contributed by atoms with Crippen LogP contribution in [0.25, 0.3) is 10.9 Å². The maximum absolute atomic E-state index is 13.5. The van der Waals surface area contributed by atoms with Crippen LogP contribution < -0.4 is 20.5 Å². The van der Waals surface area contributed by atoms with Crippen LogP contribution in [0.5, 0.6) is 11.5 Å². The lowest BCUT2D eigenvalue weighted by Gasteiger charge is -2.24. The van der Waals surface area contributed by atoms with Crippen LogP contribution in [0.2, 0.25) is 0 Å². The molecule has 5 rings (SSSR count). The number of aromatic amines is 1. The third-order valence-electron chi connectivity index (χ3n) is 7.17. The van der Waals surface area contributed by atoms with Crippen molar-refractivity contribution in [2.45, 2.75) is 25.4 Å². The molecule has 0 aliphatic carbocycles. The number of thioether (sulfide) groups is 1. The maximum atomic E-state index is 13.5. The molecule has 0 radical (unpaired) electrons. The molecule has 2 unspecified atom stereocenters. The lowest BCUT2D eigenvalue weighted by molar-refractivity contribution is -0.127. The third-order valence-corrected chi connectivity index (χ3v) is 8.20. The second kappa shape index (κ2) is 13.5. The Hall–Kier alpha value is -4.08. The van der Waals surface area contributed by atoms with E-state index in [1.165, 1.54) is 0 Å². The van der Waals surface area contributed by atoms with Crippen LogP contribution in [0.15, 0.2) is 84.0 Å². The van der Waals surface area contributed by atoms with Crippen molar-refractivity contribution in [2.24, 2.45) is 16.6 Å². The number of fused-ring (bicyclic) bond motifs is 1. The van der Waals surface area contributed by atoms with E-state index in [9.17, 15) is 9.59 Å². The van der Waals surface area contributed by atoms with E-state index in [0.717, 1.165) is 50.7 Å². The van der Waals surface area contributed by atoms with Crippen LogP contribution in [0.3, 0.4) is 0 Å². The maximum Gasteiger partial charge on any atom is 0.221 e. The van der Waals surface area contributed by atoms with Crippen LogP contribution in [-0.2, 0) is 22.4 Å². The fourth-order valence-electron chi connectivity index (χ4n) is 4.96. The lowest BCUT2D eigenvalue weighted by atomic mass is 9.92. The molecular weight excluding hydrogens is 536 g/mol. The normalized spacial score (nSPS) is 14.3. The van der Waals surface area contributed by atoms with Gasteiger partial charge in [-0.05, 0) is 60.4 Å². The van der Waals surface area contributed by atoms with Gasteiger partial charge in [-0.1, -0.05) is 36.4 Å². The molecule has 0 fully saturated rings. The predicted octanol–water partition coefficient (Wildman–Crippen LogP) is 4.51. The molecule has 1 aromatic heterocycles. The average molecular weight is 571 g/mol. The Balaban J connectivity index is 1.26. The van der Waals surface area contributed by atoms with Gasteiger partial charge >= 0.3 is 0 Å². The number of hydrogen-bond acceptors (Lipinski definition) is 7. The summed E-state index contributed by atoms with van der Waals surface area (Å²) in [6.45, 7) is 0.675. The zero-order chi connectivity index (χ0) is 28.6. The number of carbonyl (C=O) groups excluding carboxylic acids is 2. The summed E-state index contributed by atoms with van der Waals surface area (Å²) in [6, 6.07) is 23.1. The molecule has 4 N–H and O–H groups in total. The second-order valence-electron chi connectivity index (χ2n) is 9.89. The number of Topliss-reactive ketones (excluding diaryl/α,β-unsaturated/α-hetero) is 1. The number of nitrogens with zero attached hydrogens (tertiary/aromatic N) is 1. The molecule has 41 heavy (non-hydrogen) atoms. The fourth-order valence-corrected chi connectivity index (χ4v) is 5.82.